The van der Waals surface area contributed by atoms with Crippen molar-refractivity contribution in [1.29, 1.82) is 0 Å². The molecule has 1 aliphatic rings. The molecular weight excluding hydrogens is 374 g/mol. The Morgan fingerprint density at radius 1 is 1.29 bits per heavy atom. The highest BCUT2D eigenvalue weighted by molar-refractivity contribution is 6.31. The van der Waals surface area contributed by atoms with E-state index in [1.165, 1.54) is 0 Å². The molecule has 2 heterocycles. The zero-order valence-electron chi connectivity index (χ0n) is 16.5. The van der Waals surface area contributed by atoms with Crippen LogP contribution in [0.1, 0.15) is 54.7 Å². The lowest BCUT2D eigenvalue weighted by atomic mass is 10.1. The van der Waals surface area contributed by atoms with Crippen LogP contribution in [0.5, 0.6) is 0 Å². The number of anilines is 2. The molecule has 0 spiro atoms. The lowest BCUT2D eigenvalue weighted by Crippen LogP contribution is -2.17. The van der Waals surface area contributed by atoms with Gasteiger partial charge in [-0.3, -0.25) is 4.79 Å². The molecule has 1 N–H and O–H groups in total. The SMILES string of the molecule is CC(C)n1ncc2c(C(=O)Nc3cc(Cl)ccc3N(C)C)cc(C3CC3)nc21. The van der Waals surface area contributed by atoms with Gasteiger partial charge < -0.3 is 10.2 Å². The van der Waals surface area contributed by atoms with E-state index in [2.05, 4.69) is 24.3 Å². The number of carbonyl (C=O) groups is 1. The highest BCUT2D eigenvalue weighted by atomic mass is 35.5. The molecule has 0 saturated heterocycles. The third-order valence-corrected chi connectivity index (χ3v) is 5.24. The molecule has 6 nitrogen and oxygen atoms in total. The Labute approximate surface area is 169 Å². The summed E-state index contributed by atoms with van der Waals surface area (Å²) in [5, 5.41) is 8.85. The van der Waals surface area contributed by atoms with Gasteiger partial charge in [0, 0.05) is 36.8 Å². The molecule has 1 aliphatic carbocycles. The molecule has 0 radical (unpaired) electrons. The van der Waals surface area contributed by atoms with Gasteiger partial charge in [0.1, 0.15) is 0 Å². The number of carbonyl (C=O) groups excluding carboxylic acids is 1. The standard InChI is InChI=1S/C21H24ClN5O/c1-12(2)27-20-16(11-23-27)15(10-17(24-20)13-5-6-13)21(28)25-18-9-14(22)7-8-19(18)26(3)4/h7-13H,5-6H2,1-4H3,(H,25,28). The second-order valence-corrected chi connectivity index (χ2v) is 8.24. The van der Waals surface area contributed by atoms with Crippen LogP contribution in [0.15, 0.2) is 30.5 Å². The predicted octanol–water partition coefficient (Wildman–Crippen LogP) is 4.86. The van der Waals surface area contributed by atoms with Crippen LogP contribution in [-0.4, -0.2) is 34.8 Å². The molecular formula is C21H24ClN5O. The molecule has 0 aliphatic heterocycles. The summed E-state index contributed by atoms with van der Waals surface area (Å²) in [5.41, 5.74) is 3.91. The van der Waals surface area contributed by atoms with Crippen molar-refractivity contribution in [3.8, 4) is 0 Å². The van der Waals surface area contributed by atoms with Gasteiger partial charge in [-0.1, -0.05) is 11.6 Å². The lowest BCUT2D eigenvalue weighted by molar-refractivity contribution is 0.102. The van der Waals surface area contributed by atoms with E-state index in [1.54, 1.807) is 12.3 Å². The summed E-state index contributed by atoms with van der Waals surface area (Å²) in [5.74, 6) is 0.262. The average molecular weight is 398 g/mol. The average Bonchev–Trinajstić information content (AvgIpc) is 3.39. The minimum absolute atomic E-state index is 0.170. The smallest absolute Gasteiger partial charge is 0.256 e. The summed E-state index contributed by atoms with van der Waals surface area (Å²) < 4.78 is 1.88. The molecule has 3 aromatic rings. The predicted molar refractivity (Wildman–Crippen MR) is 114 cm³/mol. The van der Waals surface area contributed by atoms with Gasteiger partial charge in [0.25, 0.3) is 5.91 Å². The van der Waals surface area contributed by atoms with Crippen LogP contribution in [0.3, 0.4) is 0 Å². The summed E-state index contributed by atoms with van der Waals surface area (Å²) in [6.45, 7) is 4.12. The van der Waals surface area contributed by atoms with E-state index in [1.807, 2.05) is 41.9 Å². The van der Waals surface area contributed by atoms with Crippen molar-refractivity contribution < 1.29 is 4.79 Å². The van der Waals surface area contributed by atoms with Crippen LogP contribution < -0.4 is 10.2 Å². The first kappa shape index (κ1) is 18.7. The maximum absolute atomic E-state index is 13.3. The van der Waals surface area contributed by atoms with Gasteiger partial charge >= 0.3 is 0 Å². The monoisotopic (exact) mass is 397 g/mol. The Balaban J connectivity index is 1.78. The number of aromatic nitrogens is 3. The molecule has 0 unspecified atom stereocenters. The summed E-state index contributed by atoms with van der Waals surface area (Å²) in [6.07, 6.45) is 3.97. The van der Waals surface area contributed by atoms with E-state index in [0.717, 1.165) is 35.3 Å². The van der Waals surface area contributed by atoms with Gasteiger partial charge in [0.05, 0.1) is 28.5 Å². The van der Waals surface area contributed by atoms with E-state index in [-0.39, 0.29) is 11.9 Å². The fourth-order valence-corrected chi connectivity index (χ4v) is 3.55. The lowest BCUT2D eigenvalue weighted by Gasteiger charge is -2.18. The minimum atomic E-state index is -0.178. The highest BCUT2D eigenvalue weighted by Gasteiger charge is 2.28. The molecule has 0 bridgehead atoms. The number of benzene rings is 1. The molecule has 4 rings (SSSR count). The molecule has 1 aromatic carbocycles. The first-order valence-corrected chi connectivity index (χ1v) is 9.89. The van der Waals surface area contributed by atoms with Crippen molar-refractivity contribution in [3.63, 3.8) is 0 Å². The number of halogens is 1. The third kappa shape index (κ3) is 3.44. The van der Waals surface area contributed by atoms with Crippen LogP contribution >= 0.6 is 11.6 Å². The molecule has 1 amide bonds. The van der Waals surface area contributed by atoms with Crippen molar-refractivity contribution in [2.45, 2.75) is 38.6 Å². The highest BCUT2D eigenvalue weighted by Crippen LogP contribution is 2.40. The molecule has 28 heavy (non-hydrogen) atoms. The van der Waals surface area contributed by atoms with Crippen molar-refractivity contribution in [3.05, 3.63) is 46.7 Å². The van der Waals surface area contributed by atoms with Crippen LogP contribution in [0.4, 0.5) is 11.4 Å². The fourth-order valence-electron chi connectivity index (χ4n) is 3.38. The van der Waals surface area contributed by atoms with Gasteiger partial charge in [0.2, 0.25) is 0 Å². The normalized spacial score (nSPS) is 13.9. The van der Waals surface area contributed by atoms with Gasteiger partial charge in [-0.05, 0) is 51.0 Å². The summed E-state index contributed by atoms with van der Waals surface area (Å²) >= 11 is 6.17. The number of hydrogen-bond acceptors (Lipinski definition) is 4. The first-order valence-electron chi connectivity index (χ1n) is 9.51. The Bertz CT molecular complexity index is 1050. The van der Waals surface area contributed by atoms with Crippen LogP contribution in [-0.2, 0) is 0 Å². The van der Waals surface area contributed by atoms with Crippen molar-refractivity contribution >= 4 is 39.9 Å². The number of rotatable bonds is 5. The molecule has 0 atom stereocenters. The Hall–Kier alpha value is -2.60. The van der Waals surface area contributed by atoms with E-state index < -0.39 is 0 Å². The van der Waals surface area contributed by atoms with E-state index >= 15 is 0 Å². The largest absolute Gasteiger partial charge is 0.376 e. The molecule has 1 saturated carbocycles. The van der Waals surface area contributed by atoms with Crippen molar-refractivity contribution in [2.75, 3.05) is 24.3 Å². The summed E-state index contributed by atoms with van der Waals surface area (Å²) in [4.78, 5) is 20.0. The van der Waals surface area contributed by atoms with Crippen molar-refractivity contribution in [2.24, 2.45) is 0 Å². The number of hydrogen-bond donors (Lipinski definition) is 1. The first-order chi connectivity index (χ1) is 13.3. The van der Waals surface area contributed by atoms with Crippen molar-refractivity contribution in [1.82, 2.24) is 14.8 Å². The molecule has 1 fully saturated rings. The topological polar surface area (TPSA) is 63.1 Å². The maximum Gasteiger partial charge on any atom is 0.256 e. The number of fused-ring (bicyclic) bond motifs is 1. The maximum atomic E-state index is 13.3. The second-order valence-electron chi connectivity index (χ2n) is 7.80. The van der Waals surface area contributed by atoms with Crippen LogP contribution in [0, 0.1) is 0 Å². The van der Waals surface area contributed by atoms with Crippen LogP contribution in [0.2, 0.25) is 5.02 Å². The Kier molecular flexibility index (Phi) is 4.75. The fraction of sp³-hybridized carbons (Fsp3) is 0.381. The number of nitrogens with one attached hydrogen (secondary N) is 1. The van der Waals surface area contributed by atoms with Gasteiger partial charge in [-0.25, -0.2) is 9.67 Å². The zero-order valence-corrected chi connectivity index (χ0v) is 17.3. The van der Waals surface area contributed by atoms with Gasteiger partial charge in [-0.2, -0.15) is 5.10 Å². The molecule has 7 heteroatoms. The number of nitrogens with zero attached hydrogens (tertiary/aromatic N) is 4. The summed E-state index contributed by atoms with van der Waals surface area (Å²) in [6, 6.07) is 7.57. The molecule has 146 valence electrons. The van der Waals surface area contributed by atoms with Gasteiger partial charge in [0.15, 0.2) is 5.65 Å². The minimum Gasteiger partial charge on any atom is -0.376 e. The van der Waals surface area contributed by atoms with Gasteiger partial charge in [-0.15, -0.1) is 0 Å². The zero-order chi connectivity index (χ0) is 20.0. The quantitative estimate of drug-likeness (QED) is 0.667. The second kappa shape index (κ2) is 7.09. The number of amides is 1. The molecule has 2 aromatic heterocycles. The Morgan fingerprint density at radius 3 is 2.68 bits per heavy atom. The third-order valence-electron chi connectivity index (χ3n) is 5.00. The Morgan fingerprint density at radius 2 is 2.04 bits per heavy atom. The van der Waals surface area contributed by atoms with E-state index in [4.69, 9.17) is 16.6 Å². The number of pyridine rings is 1. The van der Waals surface area contributed by atoms with E-state index in [9.17, 15) is 4.79 Å². The van der Waals surface area contributed by atoms with Crippen LogP contribution in [0.25, 0.3) is 11.0 Å². The summed E-state index contributed by atoms with van der Waals surface area (Å²) in [7, 11) is 3.86. The van der Waals surface area contributed by atoms with E-state index in [0.29, 0.717) is 22.2 Å².